The fourth-order valence-corrected chi connectivity index (χ4v) is 1.95. The van der Waals surface area contributed by atoms with Crippen LogP contribution in [0.1, 0.15) is 20.3 Å². The van der Waals surface area contributed by atoms with E-state index in [9.17, 15) is 0 Å². The maximum atomic E-state index is 3.46. The van der Waals surface area contributed by atoms with Crippen molar-refractivity contribution in [1.29, 1.82) is 0 Å². The van der Waals surface area contributed by atoms with Crippen LogP contribution in [0.4, 0.5) is 0 Å². The number of nitrogens with one attached hydrogen (secondary N) is 1. The molecule has 1 heterocycles. The lowest BCUT2D eigenvalue weighted by Gasteiger charge is -2.20. The highest BCUT2D eigenvalue weighted by Gasteiger charge is 2.22. The summed E-state index contributed by atoms with van der Waals surface area (Å²) in [5.41, 5.74) is 0. The molecule has 3 nitrogen and oxygen atoms in total. The van der Waals surface area contributed by atoms with Crippen molar-refractivity contribution in [2.75, 3.05) is 40.3 Å². The van der Waals surface area contributed by atoms with E-state index in [-0.39, 0.29) is 0 Å². The maximum Gasteiger partial charge on any atom is 0.0229 e. The molecule has 1 atom stereocenters. The van der Waals surface area contributed by atoms with Crippen LogP contribution in [0.3, 0.4) is 0 Å². The SMILES string of the molecule is CC(C)NCCN1CCC(N(C)C)C1. The van der Waals surface area contributed by atoms with Crippen LogP contribution >= 0.6 is 0 Å². The highest BCUT2D eigenvalue weighted by Crippen LogP contribution is 2.11. The molecule has 1 unspecified atom stereocenters. The van der Waals surface area contributed by atoms with Crippen LogP contribution < -0.4 is 5.32 Å². The Bertz CT molecular complexity index is 157. The summed E-state index contributed by atoms with van der Waals surface area (Å²) >= 11 is 0. The Hall–Kier alpha value is -0.120. The van der Waals surface area contributed by atoms with Gasteiger partial charge in [-0.2, -0.15) is 0 Å². The first-order valence-electron chi connectivity index (χ1n) is 5.71. The zero-order valence-electron chi connectivity index (χ0n) is 10.1. The Balaban J connectivity index is 2.10. The number of rotatable bonds is 5. The third-order valence-corrected chi connectivity index (χ3v) is 2.96. The van der Waals surface area contributed by atoms with E-state index in [0.717, 1.165) is 12.6 Å². The monoisotopic (exact) mass is 199 g/mol. The first-order valence-corrected chi connectivity index (χ1v) is 5.71. The van der Waals surface area contributed by atoms with Gasteiger partial charge in [0.1, 0.15) is 0 Å². The van der Waals surface area contributed by atoms with Gasteiger partial charge in [0.05, 0.1) is 0 Å². The summed E-state index contributed by atoms with van der Waals surface area (Å²) in [7, 11) is 4.36. The molecular weight excluding hydrogens is 174 g/mol. The van der Waals surface area contributed by atoms with E-state index in [1.165, 1.54) is 26.1 Å². The second kappa shape index (κ2) is 5.69. The number of likely N-dealkylation sites (N-methyl/N-ethyl adjacent to an activating group) is 1. The molecule has 1 rings (SSSR count). The Morgan fingerprint density at radius 1 is 1.43 bits per heavy atom. The van der Waals surface area contributed by atoms with Crippen molar-refractivity contribution in [3.8, 4) is 0 Å². The minimum absolute atomic E-state index is 0.613. The van der Waals surface area contributed by atoms with Crippen molar-refractivity contribution in [3.05, 3.63) is 0 Å². The van der Waals surface area contributed by atoms with Crippen molar-refractivity contribution in [2.45, 2.75) is 32.4 Å². The van der Waals surface area contributed by atoms with Gasteiger partial charge in [-0.1, -0.05) is 13.8 Å². The number of nitrogens with zero attached hydrogens (tertiary/aromatic N) is 2. The van der Waals surface area contributed by atoms with Crippen LogP contribution in [0.5, 0.6) is 0 Å². The average Bonchev–Trinajstić information content (AvgIpc) is 2.52. The van der Waals surface area contributed by atoms with Gasteiger partial charge in [0.15, 0.2) is 0 Å². The molecule has 0 aliphatic carbocycles. The Kier molecular flexibility index (Phi) is 4.85. The summed E-state index contributed by atoms with van der Waals surface area (Å²) in [6, 6.07) is 1.39. The van der Waals surface area contributed by atoms with Crippen molar-refractivity contribution >= 4 is 0 Å². The Labute approximate surface area is 88.5 Å². The van der Waals surface area contributed by atoms with E-state index in [1.54, 1.807) is 0 Å². The van der Waals surface area contributed by atoms with Gasteiger partial charge in [-0.3, -0.25) is 0 Å². The predicted molar refractivity (Wildman–Crippen MR) is 61.7 cm³/mol. The lowest BCUT2D eigenvalue weighted by atomic mass is 10.2. The van der Waals surface area contributed by atoms with E-state index < -0.39 is 0 Å². The van der Waals surface area contributed by atoms with Crippen molar-refractivity contribution in [3.63, 3.8) is 0 Å². The summed E-state index contributed by atoms with van der Waals surface area (Å²) in [4.78, 5) is 4.90. The summed E-state index contributed by atoms with van der Waals surface area (Å²) in [5, 5.41) is 3.46. The van der Waals surface area contributed by atoms with Gasteiger partial charge in [-0.05, 0) is 27.1 Å². The van der Waals surface area contributed by atoms with Crippen LogP contribution in [-0.2, 0) is 0 Å². The molecule has 0 spiro atoms. The molecule has 1 aliphatic heterocycles. The quantitative estimate of drug-likeness (QED) is 0.700. The zero-order valence-corrected chi connectivity index (χ0v) is 10.1. The van der Waals surface area contributed by atoms with E-state index in [1.807, 2.05) is 0 Å². The summed E-state index contributed by atoms with van der Waals surface area (Å²) in [6.07, 6.45) is 1.33. The van der Waals surface area contributed by atoms with Gasteiger partial charge in [0, 0.05) is 31.7 Å². The standard InChI is InChI=1S/C11H25N3/c1-10(2)12-6-8-14-7-5-11(9-14)13(3)4/h10-12H,5-9H2,1-4H3. The molecule has 84 valence electrons. The van der Waals surface area contributed by atoms with Crippen molar-refractivity contribution in [2.24, 2.45) is 0 Å². The van der Waals surface area contributed by atoms with Gasteiger partial charge in [-0.15, -0.1) is 0 Å². The second-order valence-corrected chi connectivity index (χ2v) is 4.82. The smallest absolute Gasteiger partial charge is 0.0229 e. The zero-order chi connectivity index (χ0) is 10.6. The second-order valence-electron chi connectivity index (χ2n) is 4.82. The molecule has 1 N–H and O–H groups in total. The first-order chi connectivity index (χ1) is 6.59. The topological polar surface area (TPSA) is 18.5 Å². The molecule has 0 amide bonds. The number of likely N-dealkylation sites (tertiary alicyclic amines) is 1. The van der Waals surface area contributed by atoms with E-state index in [2.05, 4.69) is 43.1 Å². The van der Waals surface area contributed by atoms with Gasteiger partial charge >= 0.3 is 0 Å². The molecule has 0 aromatic rings. The molecule has 0 bridgehead atoms. The predicted octanol–water partition coefficient (Wildman–Crippen LogP) is 0.620. The molecule has 1 saturated heterocycles. The van der Waals surface area contributed by atoms with Crippen molar-refractivity contribution in [1.82, 2.24) is 15.1 Å². The lowest BCUT2D eigenvalue weighted by Crippen LogP contribution is -2.36. The van der Waals surface area contributed by atoms with Gasteiger partial charge in [0.25, 0.3) is 0 Å². The third-order valence-electron chi connectivity index (χ3n) is 2.96. The minimum atomic E-state index is 0.613. The Morgan fingerprint density at radius 2 is 2.14 bits per heavy atom. The molecule has 0 saturated carbocycles. The fourth-order valence-electron chi connectivity index (χ4n) is 1.95. The summed E-state index contributed by atoms with van der Waals surface area (Å²) < 4.78 is 0. The lowest BCUT2D eigenvalue weighted by molar-refractivity contribution is 0.267. The molecule has 14 heavy (non-hydrogen) atoms. The normalized spacial score (nSPS) is 24.0. The van der Waals surface area contributed by atoms with Crippen LogP contribution in [-0.4, -0.2) is 62.2 Å². The molecule has 0 aromatic carbocycles. The molecule has 0 radical (unpaired) electrons. The highest BCUT2D eigenvalue weighted by atomic mass is 15.2. The van der Waals surface area contributed by atoms with Crippen LogP contribution in [0.15, 0.2) is 0 Å². The third kappa shape index (κ3) is 3.95. The average molecular weight is 199 g/mol. The molecular formula is C11H25N3. The fraction of sp³-hybridized carbons (Fsp3) is 1.00. The Morgan fingerprint density at radius 3 is 2.64 bits per heavy atom. The van der Waals surface area contributed by atoms with Crippen LogP contribution in [0, 0.1) is 0 Å². The van der Waals surface area contributed by atoms with E-state index in [4.69, 9.17) is 0 Å². The molecule has 3 heteroatoms. The summed E-state index contributed by atoms with van der Waals surface area (Å²) in [6.45, 7) is 9.23. The summed E-state index contributed by atoms with van der Waals surface area (Å²) in [5.74, 6) is 0. The van der Waals surface area contributed by atoms with Crippen LogP contribution in [0.25, 0.3) is 0 Å². The highest BCUT2D eigenvalue weighted by molar-refractivity contribution is 4.80. The maximum absolute atomic E-state index is 3.46. The van der Waals surface area contributed by atoms with Gasteiger partial charge in [0.2, 0.25) is 0 Å². The van der Waals surface area contributed by atoms with Crippen LogP contribution in [0.2, 0.25) is 0 Å². The largest absolute Gasteiger partial charge is 0.313 e. The van der Waals surface area contributed by atoms with E-state index >= 15 is 0 Å². The first kappa shape index (κ1) is 12.0. The van der Waals surface area contributed by atoms with Crippen molar-refractivity contribution < 1.29 is 0 Å². The number of hydrogen-bond donors (Lipinski definition) is 1. The molecule has 0 aromatic heterocycles. The minimum Gasteiger partial charge on any atom is -0.313 e. The molecule has 1 fully saturated rings. The molecule has 1 aliphatic rings. The van der Waals surface area contributed by atoms with E-state index in [0.29, 0.717) is 6.04 Å². The van der Waals surface area contributed by atoms with Gasteiger partial charge in [-0.25, -0.2) is 0 Å². The van der Waals surface area contributed by atoms with Gasteiger partial charge < -0.3 is 15.1 Å². The number of hydrogen-bond acceptors (Lipinski definition) is 3.